The molecule has 2 fully saturated rings. The van der Waals surface area contributed by atoms with E-state index < -0.39 is 0 Å². The van der Waals surface area contributed by atoms with Crippen molar-refractivity contribution in [2.75, 3.05) is 64.8 Å². The first-order chi connectivity index (χ1) is 15.1. The van der Waals surface area contributed by atoms with Crippen LogP contribution in [0.5, 0.6) is 0 Å². The Balaban J connectivity index is 1.64. The van der Waals surface area contributed by atoms with Crippen molar-refractivity contribution >= 4 is 11.7 Å². The summed E-state index contributed by atoms with van der Waals surface area (Å²) in [6.07, 6.45) is 3.88. The molecule has 1 aromatic heterocycles. The number of rotatable bonds is 5. The number of likely N-dealkylation sites (N-methyl/N-ethyl adjacent to an activating group) is 1. The fourth-order valence-electron chi connectivity index (χ4n) is 4.51. The second kappa shape index (κ2) is 9.75. The first kappa shape index (κ1) is 21.7. The lowest BCUT2D eigenvalue weighted by atomic mass is 10.0. The normalized spacial score (nSPS) is 18.9. The first-order valence-electron chi connectivity index (χ1n) is 11.4. The van der Waals surface area contributed by atoms with Gasteiger partial charge in [-0.15, -0.1) is 0 Å². The Morgan fingerprint density at radius 3 is 2.39 bits per heavy atom. The molecule has 166 valence electrons. The molecule has 7 nitrogen and oxygen atoms in total. The summed E-state index contributed by atoms with van der Waals surface area (Å²) in [5, 5.41) is 0. The van der Waals surface area contributed by atoms with Crippen LogP contribution in [-0.4, -0.2) is 96.5 Å². The number of amides is 1. The van der Waals surface area contributed by atoms with E-state index in [0.717, 1.165) is 70.0 Å². The van der Waals surface area contributed by atoms with Crippen molar-refractivity contribution in [2.45, 2.75) is 25.8 Å². The average Bonchev–Trinajstić information content (AvgIpc) is 2.84. The summed E-state index contributed by atoms with van der Waals surface area (Å²) in [4.78, 5) is 31.9. The second-order valence-corrected chi connectivity index (χ2v) is 8.67. The van der Waals surface area contributed by atoms with Crippen molar-refractivity contribution in [3.63, 3.8) is 0 Å². The van der Waals surface area contributed by atoms with E-state index in [2.05, 4.69) is 40.7 Å². The van der Waals surface area contributed by atoms with Gasteiger partial charge in [-0.3, -0.25) is 4.79 Å². The Morgan fingerprint density at radius 1 is 1.06 bits per heavy atom. The van der Waals surface area contributed by atoms with Crippen molar-refractivity contribution in [3.05, 3.63) is 42.1 Å². The molecule has 0 unspecified atom stereocenters. The van der Waals surface area contributed by atoms with E-state index >= 15 is 0 Å². The van der Waals surface area contributed by atoms with E-state index in [1.165, 1.54) is 0 Å². The molecule has 2 aromatic rings. The fraction of sp³-hybridized carbons (Fsp3) is 0.542. The molecule has 0 N–H and O–H groups in total. The van der Waals surface area contributed by atoms with E-state index in [-0.39, 0.29) is 5.91 Å². The molecule has 0 spiro atoms. The third-order valence-electron chi connectivity index (χ3n) is 6.71. The maximum absolute atomic E-state index is 13.5. The smallest absolute Gasteiger partial charge is 0.259 e. The molecular weight excluding hydrogens is 388 g/mol. The van der Waals surface area contributed by atoms with Gasteiger partial charge in [0.1, 0.15) is 11.4 Å². The molecular formula is C24H34N6O. The van der Waals surface area contributed by atoms with Gasteiger partial charge in [0.05, 0.1) is 0 Å². The number of hydrogen-bond acceptors (Lipinski definition) is 6. The Bertz CT molecular complexity index is 873. The van der Waals surface area contributed by atoms with Crippen LogP contribution < -0.4 is 4.90 Å². The zero-order valence-electron chi connectivity index (χ0n) is 19.0. The van der Waals surface area contributed by atoms with Gasteiger partial charge < -0.3 is 19.6 Å². The van der Waals surface area contributed by atoms with Crippen molar-refractivity contribution < 1.29 is 4.79 Å². The summed E-state index contributed by atoms with van der Waals surface area (Å²) in [5.41, 5.74) is 1.59. The molecule has 31 heavy (non-hydrogen) atoms. The number of aromatic nitrogens is 2. The van der Waals surface area contributed by atoms with Crippen molar-refractivity contribution in [1.29, 1.82) is 0 Å². The Labute approximate surface area is 185 Å². The monoisotopic (exact) mass is 422 g/mol. The minimum atomic E-state index is 0.0464. The summed E-state index contributed by atoms with van der Waals surface area (Å²) >= 11 is 0. The van der Waals surface area contributed by atoms with Crippen LogP contribution in [0.4, 0.5) is 5.82 Å². The summed E-state index contributed by atoms with van der Waals surface area (Å²) < 4.78 is 0. The highest BCUT2D eigenvalue weighted by atomic mass is 16.2. The largest absolute Gasteiger partial charge is 0.356 e. The van der Waals surface area contributed by atoms with Gasteiger partial charge in [0, 0.05) is 51.0 Å². The number of carbonyl (C=O) groups excluding carboxylic acids is 1. The maximum atomic E-state index is 13.5. The molecule has 0 atom stereocenters. The Morgan fingerprint density at radius 2 is 1.74 bits per heavy atom. The minimum absolute atomic E-state index is 0.0464. The second-order valence-electron chi connectivity index (χ2n) is 8.67. The SMILES string of the molecule is CCN1CCN(C(=O)c2cnc(-c3ccccc3)nc2N(C)C2CCN(C)CC2)CC1. The molecule has 1 aromatic carbocycles. The van der Waals surface area contributed by atoms with E-state index in [0.29, 0.717) is 17.4 Å². The van der Waals surface area contributed by atoms with Gasteiger partial charge in [-0.25, -0.2) is 9.97 Å². The molecule has 0 bridgehead atoms. The molecule has 0 radical (unpaired) electrons. The summed E-state index contributed by atoms with van der Waals surface area (Å²) in [6.45, 7) is 8.68. The van der Waals surface area contributed by atoms with Crippen LogP contribution in [0.3, 0.4) is 0 Å². The lowest BCUT2D eigenvalue weighted by molar-refractivity contribution is 0.0643. The highest BCUT2D eigenvalue weighted by molar-refractivity contribution is 5.99. The molecule has 2 saturated heterocycles. The van der Waals surface area contributed by atoms with Gasteiger partial charge >= 0.3 is 0 Å². The zero-order chi connectivity index (χ0) is 21.8. The predicted molar refractivity (Wildman–Crippen MR) is 124 cm³/mol. The Kier molecular flexibility index (Phi) is 6.83. The lowest BCUT2D eigenvalue weighted by Gasteiger charge is -2.37. The molecule has 0 saturated carbocycles. The van der Waals surface area contributed by atoms with Crippen molar-refractivity contribution in [2.24, 2.45) is 0 Å². The number of carbonyl (C=O) groups is 1. The van der Waals surface area contributed by atoms with Gasteiger partial charge in [0.2, 0.25) is 0 Å². The molecule has 4 rings (SSSR count). The van der Waals surface area contributed by atoms with Crippen LogP contribution in [0.25, 0.3) is 11.4 Å². The quantitative estimate of drug-likeness (QED) is 0.738. The molecule has 7 heteroatoms. The third kappa shape index (κ3) is 4.88. The van der Waals surface area contributed by atoms with Crippen LogP contribution >= 0.6 is 0 Å². The van der Waals surface area contributed by atoms with E-state index in [9.17, 15) is 4.79 Å². The topological polar surface area (TPSA) is 55.8 Å². The molecule has 0 aliphatic carbocycles. The van der Waals surface area contributed by atoms with Crippen molar-refractivity contribution in [3.8, 4) is 11.4 Å². The number of nitrogens with zero attached hydrogens (tertiary/aromatic N) is 6. The van der Waals surface area contributed by atoms with Gasteiger partial charge in [0.25, 0.3) is 5.91 Å². The summed E-state index contributed by atoms with van der Waals surface area (Å²) in [6, 6.07) is 10.4. The third-order valence-corrected chi connectivity index (χ3v) is 6.71. The number of hydrogen-bond donors (Lipinski definition) is 0. The zero-order valence-corrected chi connectivity index (χ0v) is 19.0. The number of piperidine rings is 1. The van der Waals surface area contributed by atoms with Crippen LogP contribution in [0, 0.1) is 0 Å². The molecule has 2 aliphatic rings. The van der Waals surface area contributed by atoms with E-state index in [4.69, 9.17) is 4.98 Å². The maximum Gasteiger partial charge on any atom is 0.259 e. The number of likely N-dealkylation sites (tertiary alicyclic amines) is 1. The van der Waals surface area contributed by atoms with Gasteiger partial charge in [-0.2, -0.15) is 0 Å². The van der Waals surface area contributed by atoms with E-state index in [1.54, 1.807) is 6.20 Å². The van der Waals surface area contributed by atoms with Crippen LogP contribution in [-0.2, 0) is 0 Å². The number of piperazine rings is 1. The standard InChI is InChI=1S/C24H34N6O/c1-4-29-14-16-30(17-15-29)24(31)21-18-25-22(19-8-6-5-7-9-19)26-23(21)28(3)20-10-12-27(2)13-11-20/h5-9,18,20H,4,10-17H2,1-3H3. The summed E-state index contributed by atoms with van der Waals surface area (Å²) in [7, 11) is 4.25. The molecule has 2 aliphatic heterocycles. The van der Waals surface area contributed by atoms with Gasteiger partial charge in [0.15, 0.2) is 5.82 Å². The minimum Gasteiger partial charge on any atom is -0.356 e. The van der Waals surface area contributed by atoms with Crippen LogP contribution in [0.2, 0.25) is 0 Å². The highest BCUT2D eigenvalue weighted by Crippen LogP contribution is 2.27. The molecule has 1 amide bonds. The lowest BCUT2D eigenvalue weighted by Crippen LogP contribution is -2.49. The molecule has 3 heterocycles. The first-order valence-corrected chi connectivity index (χ1v) is 11.4. The predicted octanol–water partition coefficient (Wildman–Crippen LogP) is 2.45. The summed E-state index contributed by atoms with van der Waals surface area (Å²) in [5.74, 6) is 1.47. The number of anilines is 1. The van der Waals surface area contributed by atoms with E-state index in [1.807, 2.05) is 35.2 Å². The van der Waals surface area contributed by atoms with Gasteiger partial charge in [-0.1, -0.05) is 37.3 Å². The Hall–Kier alpha value is -2.51. The van der Waals surface area contributed by atoms with Gasteiger partial charge in [-0.05, 0) is 39.5 Å². The fourth-order valence-corrected chi connectivity index (χ4v) is 4.51. The number of benzene rings is 1. The average molecular weight is 423 g/mol. The van der Waals surface area contributed by atoms with Crippen LogP contribution in [0.1, 0.15) is 30.1 Å². The van der Waals surface area contributed by atoms with Crippen molar-refractivity contribution in [1.82, 2.24) is 24.7 Å². The van der Waals surface area contributed by atoms with Crippen LogP contribution in [0.15, 0.2) is 36.5 Å². The highest BCUT2D eigenvalue weighted by Gasteiger charge is 2.29.